The Balaban J connectivity index is 1.29. The average Bonchev–Trinajstić information content (AvgIpc) is 2.82. The number of para-hydroxylation sites is 2. The van der Waals surface area contributed by atoms with Crippen molar-refractivity contribution in [1.82, 2.24) is 4.31 Å². The molecule has 3 aliphatic heterocycles. The van der Waals surface area contributed by atoms with Crippen LogP contribution in [0.5, 0.6) is 11.5 Å². The Kier molecular flexibility index (Phi) is 5.26. The molecule has 2 amide bonds. The molecule has 1 saturated heterocycles. The largest absolute Gasteiger partial charge is 0.486 e. The number of hydrogen-bond acceptors (Lipinski definition) is 6. The van der Waals surface area contributed by atoms with Gasteiger partial charge in [-0.1, -0.05) is 12.1 Å². The van der Waals surface area contributed by atoms with Gasteiger partial charge in [0, 0.05) is 25.1 Å². The van der Waals surface area contributed by atoms with Gasteiger partial charge in [-0.15, -0.1) is 0 Å². The lowest BCUT2D eigenvalue weighted by molar-refractivity contribution is -0.125. The fraction of sp³-hybridized carbons (Fsp3) is 0.364. The highest BCUT2D eigenvalue weighted by molar-refractivity contribution is 7.89. The maximum atomic E-state index is 13.2. The molecule has 168 valence electrons. The predicted octanol–water partition coefficient (Wildman–Crippen LogP) is 1.84. The summed E-state index contributed by atoms with van der Waals surface area (Å²) in [7, 11) is -3.72. The molecule has 3 heterocycles. The third-order valence-corrected chi connectivity index (χ3v) is 7.89. The van der Waals surface area contributed by atoms with Crippen LogP contribution in [0.1, 0.15) is 12.8 Å². The third-order valence-electron chi connectivity index (χ3n) is 5.99. The predicted molar refractivity (Wildman–Crippen MR) is 116 cm³/mol. The number of anilines is 2. The molecule has 0 unspecified atom stereocenters. The Morgan fingerprint density at radius 1 is 1.00 bits per heavy atom. The maximum Gasteiger partial charge on any atom is 0.244 e. The summed E-state index contributed by atoms with van der Waals surface area (Å²) < 4.78 is 38.7. The molecule has 9 nitrogen and oxygen atoms in total. The second-order valence-electron chi connectivity index (χ2n) is 7.97. The van der Waals surface area contributed by atoms with Crippen LogP contribution in [0, 0.1) is 5.92 Å². The molecule has 2 aromatic rings. The van der Waals surface area contributed by atoms with Crippen molar-refractivity contribution in [2.75, 3.05) is 43.1 Å². The summed E-state index contributed by atoms with van der Waals surface area (Å²) in [5.41, 5.74) is 1.28. The highest BCUT2D eigenvalue weighted by atomic mass is 32.2. The van der Waals surface area contributed by atoms with Crippen molar-refractivity contribution in [2.45, 2.75) is 17.7 Å². The Morgan fingerprint density at radius 2 is 1.72 bits per heavy atom. The number of benzene rings is 2. The van der Waals surface area contributed by atoms with E-state index in [0.29, 0.717) is 48.9 Å². The lowest BCUT2D eigenvalue weighted by atomic mass is 9.95. The van der Waals surface area contributed by atoms with Gasteiger partial charge < -0.3 is 19.7 Å². The molecule has 1 N–H and O–H groups in total. The minimum absolute atomic E-state index is 0.0362. The van der Waals surface area contributed by atoms with E-state index in [0.717, 1.165) is 0 Å². The van der Waals surface area contributed by atoms with Crippen LogP contribution in [0.15, 0.2) is 47.4 Å². The van der Waals surface area contributed by atoms with Gasteiger partial charge in [-0.05, 0) is 37.1 Å². The summed E-state index contributed by atoms with van der Waals surface area (Å²) in [6.07, 6.45) is 0.784. The second kappa shape index (κ2) is 8.10. The van der Waals surface area contributed by atoms with E-state index in [2.05, 4.69) is 5.32 Å². The molecule has 0 saturated carbocycles. The summed E-state index contributed by atoms with van der Waals surface area (Å²) in [6.45, 7) is 1.24. The number of carbonyl (C=O) groups excluding carboxylic acids is 2. The number of carbonyl (C=O) groups is 2. The molecule has 0 aromatic heterocycles. The van der Waals surface area contributed by atoms with Crippen LogP contribution < -0.4 is 19.7 Å². The first-order chi connectivity index (χ1) is 15.4. The first kappa shape index (κ1) is 20.8. The monoisotopic (exact) mass is 457 g/mol. The SMILES string of the molecule is O=C1CN(C(=O)C2CCN(S(=O)(=O)c3ccc4c(c3)OCCO4)CC2)c2ccccc2N1. The quantitative estimate of drug-likeness (QED) is 0.754. The Morgan fingerprint density at radius 3 is 2.50 bits per heavy atom. The van der Waals surface area contributed by atoms with E-state index in [-0.39, 0.29) is 42.3 Å². The Labute approximate surface area is 186 Å². The Hall–Kier alpha value is -3.11. The van der Waals surface area contributed by atoms with Crippen molar-refractivity contribution in [1.29, 1.82) is 0 Å². The van der Waals surface area contributed by atoms with Crippen molar-refractivity contribution in [3.8, 4) is 11.5 Å². The molecule has 0 spiro atoms. The van der Waals surface area contributed by atoms with E-state index in [9.17, 15) is 18.0 Å². The van der Waals surface area contributed by atoms with Gasteiger partial charge in [-0.25, -0.2) is 8.42 Å². The van der Waals surface area contributed by atoms with Gasteiger partial charge >= 0.3 is 0 Å². The van der Waals surface area contributed by atoms with E-state index < -0.39 is 10.0 Å². The highest BCUT2D eigenvalue weighted by Gasteiger charge is 2.36. The highest BCUT2D eigenvalue weighted by Crippen LogP contribution is 2.35. The summed E-state index contributed by atoms with van der Waals surface area (Å²) >= 11 is 0. The number of fused-ring (bicyclic) bond motifs is 2. The van der Waals surface area contributed by atoms with E-state index in [1.165, 1.54) is 21.3 Å². The van der Waals surface area contributed by atoms with Crippen LogP contribution >= 0.6 is 0 Å². The number of nitrogens with zero attached hydrogens (tertiary/aromatic N) is 2. The van der Waals surface area contributed by atoms with Crippen molar-refractivity contribution in [3.05, 3.63) is 42.5 Å². The summed E-state index contributed by atoms with van der Waals surface area (Å²) in [4.78, 5) is 26.9. The summed E-state index contributed by atoms with van der Waals surface area (Å²) in [5, 5.41) is 2.77. The number of nitrogens with one attached hydrogen (secondary N) is 1. The molecule has 0 atom stereocenters. The van der Waals surface area contributed by atoms with Crippen molar-refractivity contribution < 1.29 is 27.5 Å². The first-order valence-corrected chi connectivity index (χ1v) is 12.0. The van der Waals surface area contributed by atoms with Crippen molar-refractivity contribution in [2.24, 2.45) is 5.92 Å². The van der Waals surface area contributed by atoms with E-state index in [1.54, 1.807) is 24.3 Å². The molecule has 0 aliphatic carbocycles. The number of rotatable bonds is 3. The minimum Gasteiger partial charge on any atom is -0.486 e. The van der Waals surface area contributed by atoms with Crippen LogP contribution in [0.25, 0.3) is 0 Å². The zero-order valence-electron chi connectivity index (χ0n) is 17.3. The molecular formula is C22H23N3O6S. The molecule has 5 rings (SSSR count). The molecular weight excluding hydrogens is 434 g/mol. The van der Waals surface area contributed by atoms with Crippen LogP contribution in [0.4, 0.5) is 11.4 Å². The normalized spacial score (nSPS) is 19.2. The van der Waals surface area contributed by atoms with Crippen LogP contribution in [0.2, 0.25) is 0 Å². The standard InChI is InChI=1S/C22H23N3O6S/c26-21-14-25(18-4-2-1-3-17(18)23-21)22(27)15-7-9-24(10-8-15)32(28,29)16-5-6-19-20(13-16)31-12-11-30-19/h1-6,13,15H,7-12,14H2,(H,23,26). The molecule has 3 aliphatic rings. The van der Waals surface area contributed by atoms with Gasteiger partial charge in [0.1, 0.15) is 19.8 Å². The number of ether oxygens (including phenoxy) is 2. The zero-order valence-corrected chi connectivity index (χ0v) is 18.1. The third kappa shape index (κ3) is 3.69. The maximum absolute atomic E-state index is 13.2. The van der Waals surface area contributed by atoms with Crippen LogP contribution in [-0.2, 0) is 19.6 Å². The topological polar surface area (TPSA) is 105 Å². The minimum atomic E-state index is -3.72. The number of sulfonamides is 1. The lowest BCUT2D eigenvalue weighted by Gasteiger charge is -2.35. The smallest absolute Gasteiger partial charge is 0.244 e. The van der Waals surface area contributed by atoms with E-state index >= 15 is 0 Å². The van der Waals surface area contributed by atoms with Gasteiger partial charge in [0.05, 0.1) is 16.3 Å². The first-order valence-electron chi connectivity index (χ1n) is 10.5. The lowest BCUT2D eigenvalue weighted by Crippen LogP contribution is -2.48. The molecule has 32 heavy (non-hydrogen) atoms. The van der Waals surface area contributed by atoms with Gasteiger partial charge in [-0.2, -0.15) is 4.31 Å². The summed E-state index contributed by atoms with van der Waals surface area (Å²) in [5.74, 6) is 0.217. The van der Waals surface area contributed by atoms with Crippen LogP contribution in [-0.4, -0.2) is 57.4 Å². The molecule has 2 aromatic carbocycles. The van der Waals surface area contributed by atoms with Crippen LogP contribution in [0.3, 0.4) is 0 Å². The molecule has 1 fully saturated rings. The average molecular weight is 458 g/mol. The fourth-order valence-corrected chi connectivity index (χ4v) is 5.81. The van der Waals surface area contributed by atoms with Crippen molar-refractivity contribution >= 4 is 33.2 Å². The zero-order chi connectivity index (χ0) is 22.3. The Bertz CT molecular complexity index is 1170. The molecule has 10 heteroatoms. The summed E-state index contributed by atoms with van der Waals surface area (Å²) in [6, 6.07) is 11.8. The second-order valence-corrected chi connectivity index (χ2v) is 9.91. The van der Waals surface area contributed by atoms with Gasteiger partial charge in [-0.3, -0.25) is 9.59 Å². The van der Waals surface area contributed by atoms with E-state index in [1.807, 2.05) is 6.07 Å². The van der Waals surface area contributed by atoms with E-state index in [4.69, 9.17) is 9.47 Å². The van der Waals surface area contributed by atoms with Gasteiger partial charge in [0.2, 0.25) is 21.8 Å². The molecule has 0 radical (unpaired) electrons. The number of amides is 2. The fourth-order valence-electron chi connectivity index (χ4n) is 4.33. The number of hydrogen-bond donors (Lipinski definition) is 1. The molecule has 0 bridgehead atoms. The van der Waals surface area contributed by atoms with Crippen molar-refractivity contribution in [3.63, 3.8) is 0 Å². The van der Waals surface area contributed by atoms with Gasteiger partial charge in [0.25, 0.3) is 0 Å². The number of piperidine rings is 1. The van der Waals surface area contributed by atoms with Gasteiger partial charge in [0.15, 0.2) is 11.5 Å².